The highest BCUT2D eigenvalue weighted by molar-refractivity contribution is 7.92. The molecule has 0 saturated heterocycles. The van der Waals surface area contributed by atoms with E-state index in [1.807, 2.05) is 51.1 Å². The molecule has 0 heterocycles. The van der Waals surface area contributed by atoms with Crippen molar-refractivity contribution < 1.29 is 13.2 Å². The van der Waals surface area contributed by atoms with Crippen LogP contribution in [0.3, 0.4) is 0 Å². The van der Waals surface area contributed by atoms with Crippen molar-refractivity contribution in [3.8, 4) is 0 Å². The third-order valence-electron chi connectivity index (χ3n) is 4.79. The smallest absolute Gasteiger partial charge is 0.264 e. The van der Waals surface area contributed by atoms with Crippen molar-refractivity contribution in [1.29, 1.82) is 0 Å². The summed E-state index contributed by atoms with van der Waals surface area (Å²) in [6.45, 7) is 5.80. The molecule has 0 aliphatic rings. The fourth-order valence-electron chi connectivity index (χ4n) is 2.91. The van der Waals surface area contributed by atoms with E-state index in [2.05, 4.69) is 5.32 Å². The van der Waals surface area contributed by atoms with Gasteiger partial charge in [0.05, 0.1) is 10.6 Å². The van der Waals surface area contributed by atoms with Gasteiger partial charge in [0.15, 0.2) is 0 Å². The number of aryl methyl sites for hydroxylation is 3. The van der Waals surface area contributed by atoms with Crippen LogP contribution < -0.4 is 9.62 Å². The molecule has 1 amide bonds. The van der Waals surface area contributed by atoms with Crippen LogP contribution >= 0.6 is 0 Å². The van der Waals surface area contributed by atoms with E-state index in [9.17, 15) is 13.2 Å². The molecule has 1 N–H and O–H groups in total. The number of nitrogens with one attached hydrogen (secondary N) is 1. The summed E-state index contributed by atoms with van der Waals surface area (Å²) in [5, 5.41) is 2.87. The molecular weight excluding hydrogens is 384 g/mol. The second kappa shape index (κ2) is 8.09. The van der Waals surface area contributed by atoms with Crippen LogP contribution in [-0.4, -0.2) is 21.4 Å². The monoisotopic (exact) mass is 408 g/mol. The van der Waals surface area contributed by atoms with E-state index in [1.165, 1.54) is 23.5 Å². The van der Waals surface area contributed by atoms with Gasteiger partial charge < -0.3 is 5.32 Å². The van der Waals surface area contributed by atoms with E-state index >= 15 is 0 Å². The number of carbonyl (C=O) groups excluding carboxylic acids is 1. The van der Waals surface area contributed by atoms with Crippen LogP contribution in [0.5, 0.6) is 0 Å². The lowest BCUT2D eigenvalue weighted by atomic mass is 10.1. The Morgan fingerprint density at radius 3 is 2.21 bits per heavy atom. The van der Waals surface area contributed by atoms with Crippen LogP contribution in [0, 0.1) is 20.8 Å². The molecule has 3 rings (SSSR count). The Kier molecular flexibility index (Phi) is 5.75. The molecule has 3 aromatic carbocycles. The lowest BCUT2D eigenvalue weighted by Gasteiger charge is -2.20. The summed E-state index contributed by atoms with van der Waals surface area (Å²) in [6, 6.07) is 19.1. The van der Waals surface area contributed by atoms with E-state index in [4.69, 9.17) is 0 Å². The zero-order valence-electron chi connectivity index (χ0n) is 16.9. The summed E-state index contributed by atoms with van der Waals surface area (Å²) in [7, 11) is -2.29. The van der Waals surface area contributed by atoms with Gasteiger partial charge in [0.1, 0.15) is 0 Å². The fraction of sp³-hybridized carbons (Fsp3) is 0.174. The third kappa shape index (κ3) is 4.49. The van der Waals surface area contributed by atoms with Gasteiger partial charge in [-0.15, -0.1) is 0 Å². The number of rotatable bonds is 5. The van der Waals surface area contributed by atoms with Gasteiger partial charge in [0.25, 0.3) is 15.9 Å². The summed E-state index contributed by atoms with van der Waals surface area (Å²) in [6.07, 6.45) is 0. The van der Waals surface area contributed by atoms with Gasteiger partial charge in [-0.05, 0) is 68.3 Å². The van der Waals surface area contributed by atoms with Gasteiger partial charge in [0.2, 0.25) is 0 Å². The Bertz CT molecular complexity index is 1150. The van der Waals surface area contributed by atoms with Gasteiger partial charge in [-0.3, -0.25) is 9.10 Å². The topological polar surface area (TPSA) is 66.5 Å². The fourth-order valence-corrected chi connectivity index (χ4v) is 4.16. The van der Waals surface area contributed by atoms with E-state index in [0.717, 1.165) is 16.7 Å². The predicted molar refractivity (Wildman–Crippen MR) is 117 cm³/mol. The Morgan fingerprint density at radius 2 is 1.52 bits per heavy atom. The molecule has 0 aliphatic heterocycles. The van der Waals surface area contributed by atoms with Crippen LogP contribution in [0.2, 0.25) is 0 Å². The first-order valence-electron chi connectivity index (χ1n) is 9.23. The minimum atomic E-state index is -3.80. The molecule has 0 aliphatic carbocycles. The molecule has 5 nitrogen and oxygen atoms in total. The number of hydrogen-bond donors (Lipinski definition) is 1. The average molecular weight is 409 g/mol. The van der Waals surface area contributed by atoms with Crippen molar-refractivity contribution in [3.63, 3.8) is 0 Å². The number of nitrogens with zero attached hydrogens (tertiary/aromatic N) is 1. The summed E-state index contributed by atoms with van der Waals surface area (Å²) < 4.78 is 27.3. The molecule has 6 heteroatoms. The summed E-state index contributed by atoms with van der Waals surface area (Å²) in [5.41, 5.74) is 4.56. The van der Waals surface area contributed by atoms with E-state index < -0.39 is 10.0 Å². The Hall–Kier alpha value is -3.12. The van der Waals surface area contributed by atoms with Crippen molar-refractivity contribution >= 4 is 27.3 Å². The molecule has 0 spiro atoms. The quantitative estimate of drug-likeness (QED) is 0.666. The maximum atomic E-state index is 13.0. The van der Waals surface area contributed by atoms with E-state index in [1.54, 1.807) is 24.3 Å². The normalized spacial score (nSPS) is 11.2. The SMILES string of the molecule is Cc1ccc(N(C)S(=O)(=O)c2cccc(C(=O)Nc3cc(C)ccc3C)c2)cc1. The molecule has 0 bridgehead atoms. The van der Waals surface area contributed by atoms with Crippen molar-refractivity contribution in [2.45, 2.75) is 25.7 Å². The van der Waals surface area contributed by atoms with Gasteiger partial charge in [-0.1, -0.05) is 35.9 Å². The number of hydrogen-bond acceptors (Lipinski definition) is 3. The first-order chi connectivity index (χ1) is 13.7. The molecule has 0 atom stereocenters. The van der Waals surface area contributed by atoms with Gasteiger partial charge in [0, 0.05) is 18.3 Å². The minimum absolute atomic E-state index is 0.0641. The molecule has 150 valence electrons. The van der Waals surface area contributed by atoms with Crippen LogP contribution in [0.25, 0.3) is 0 Å². The average Bonchev–Trinajstić information content (AvgIpc) is 2.71. The van der Waals surface area contributed by atoms with Crippen LogP contribution in [0.1, 0.15) is 27.0 Å². The molecule has 3 aromatic rings. The molecule has 0 aromatic heterocycles. The van der Waals surface area contributed by atoms with Crippen molar-refractivity contribution in [2.24, 2.45) is 0 Å². The Labute approximate surface area is 172 Å². The largest absolute Gasteiger partial charge is 0.322 e. The lowest BCUT2D eigenvalue weighted by Crippen LogP contribution is -2.26. The van der Waals surface area contributed by atoms with Crippen molar-refractivity contribution in [1.82, 2.24) is 0 Å². The van der Waals surface area contributed by atoms with Crippen molar-refractivity contribution in [3.05, 3.63) is 89.0 Å². The third-order valence-corrected chi connectivity index (χ3v) is 6.58. The number of carbonyl (C=O) groups is 1. The highest BCUT2D eigenvalue weighted by Crippen LogP contribution is 2.24. The van der Waals surface area contributed by atoms with Crippen LogP contribution in [0.15, 0.2) is 71.6 Å². The molecular formula is C23H24N2O3S. The first-order valence-corrected chi connectivity index (χ1v) is 10.7. The number of amides is 1. The Balaban J connectivity index is 1.89. The number of anilines is 2. The standard InChI is InChI=1S/C23H24N2O3S/c1-16-9-12-20(13-10-16)25(4)29(27,28)21-7-5-6-19(15-21)23(26)24-22-14-17(2)8-11-18(22)3/h5-15H,1-4H3,(H,24,26). The zero-order valence-corrected chi connectivity index (χ0v) is 17.7. The second-order valence-corrected chi connectivity index (χ2v) is 9.08. The van der Waals surface area contributed by atoms with Crippen LogP contribution in [0.4, 0.5) is 11.4 Å². The summed E-state index contributed by atoms with van der Waals surface area (Å²) in [5.74, 6) is -0.353. The van der Waals surface area contributed by atoms with Gasteiger partial charge in [-0.2, -0.15) is 0 Å². The Morgan fingerprint density at radius 1 is 0.862 bits per heavy atom. The second-order valence-electron chi connectivity index (χ2n) is 7.11. The van der Waals surface area contributed by atoms with Gasteiger partial charge in [-0.25, -0.2) is 8.42 Å². The zero-order chi connectivity index (χ0) is 21.2. The molecule has 0 fully saturated rings. The van der Waals surface area contributed by atoms with Crippen molar-refractivity contribution in [2.75, 3.05) is 16.7 Å². The first kappa shape index (κ1) is 20.6. The molecule has 0 saturated carbocycles. The highest BCUT2D eigenvalue weighted by atomic mass is 32.2. The van der Waals surface area contributed by atoms with E-state index in [-0.39, 0.29) is 16.4 Å². The summed E-state index contributed by atoms with van der Waals surface area (Å²) >= 11 is 0. The predicted octanol–water partition coefficient (Wildman–Crippen LogP) is 4.69. The molecule has 29 heavy (non-hydrogen) atoms. The molecule has 0 unspecified atom stereocenters. The van der Waals surface area contributed by atoms with E-state index in [0.29, 0.717) is 11.4 Å². The minimum Gasteiger partial charge on any atom is -0.322 e. The number of sulfonamides is 1. The molecule has 0 radical (unpaired) electrons. The maximum Gasteiger partial charge on any atom is 0.264 e. The lowest BCUT2D eigenvalue weighted by molar-refractivity contribution is 0.102. The van der Waals surface area contributed by atoms with Crippen LogP contribution in [-0.2, 0) is 10.0 Å². The van der Waals surface area contributed by atoms with Gasteiger partial charge >= 0.3 is 0 Å². The highest BCUT2D eigenvalue weighted by Gasteiger charge is 2.22. The number of benzene rings is 3. The summed E-state index contributed by atoms with van der Waals surface area (Å²) in [4.78, 5) is 12.8. The maximum absolute atomic E-state index is 13.0.